The minimum absolute atomic E-state index is 0.00617. The third-order valence-electron chi connectivity index (χ3n) is 3.57. The Morgan fingerprint density at radius 2 is 2.25 bits per heavy atom. The number of hydrogen-bond donors (Lipinski definition) is 2. The van der Waals surface area contributed by atoms with Gasteiger partial charge in [-0.15, -0.1) is 0 Å². The van der Waals surface area contributed by atoms with Crippen LogP contribution in [0.2, 0.25) is 0 Å². The number of anilines is 2. The number of nitrogens with one attached hydrogen (secondary N) is 2. The summed E-state index contributed by atoms with van der Waals surface area (Å²) in [7, 11) is 3.78. The molecule has 2 heterocycles. The molecule has 5 heteroatoms. The van der Waals surface area contributed by atoms with Crippen LogP contribution in [0.5, 0.6) is 0 Å². The normalized spacial score (nSPS) is 16.9. The van der Waals surface area contributed by atoms with Crippen LogP contribution < -0.4 is 15.5 Å². The van der Waals surface area contributed by atoms with Crippen molar-refractivity contribution in [1.29, 1.82) is 0 Å². The lowest BCUT2D eigenvalue weighted by molar-refractivity contribution is -0.117. The highest BCUT2D eigenvalue weighted by Gasteiger charge is 2.29. The SMILES string of the molecule is CNC1C(=O)Nc2cc(N(C)Cc3ccco3)ccc21. The summed E-state index contributed by atoms with van der Waals surface area (Å²) in [4.78, 5) is 13.9. The van der Waals surface area contributed by atoms with Gasteiger partial charge in [-0.05, 0) is 31.3 Å². The topological polar surface area (TPSA) is 57.5 Å². The molecule has 0 aliphatic carbocycles. The Labute approximate surface area is 117 Å². The Hall–Kier alpha value is -2.27. The van der Waals surface area contributed by atoms with E-state index in [1.807, 2.05) is 37.4 Å². The highest BCUT2D eigenvalue weighted by Crippen LogP contribution is 2.33. The fraction of sp³-hybridized carbons (Fsp3) is 0.267. The summed E-state index contributed by atoms with van der Waals surface area (Å²) in [5, 5.41) is 5.92. The van der Waals surface area contributed by atoms with E-state index < -0.39 is 0 Å². The Kier molecular flexibility index (Phi) is 3.20. The van der Waals surface area contributed by atoms with Gasteiger partial charge in [-0.2, -0.15) is 0 Å². The van der Waals surface area contributed by atoms with Crippen LogP contribution >= 0.6 is 0 Å². The molecule has 0 radical (unpaired) electrons. The second kappa shape index (κ2) is 5.02. The van der Waals surface area contributed by atoms with Gasteiger partial charge in [0, 0.05) is 24.0 Å². The maximum Gasteiger partial charge on any atom is 0.246 e. The number of rotatable bonds is 4. The van der Waals surface area contributed by atoms with Crippen molar-refractivity contribution in [3.63, 3.8) is 0 Å². The highest BCUT2D eigenvalue weighted by molar-refractivity contribution is 6.03. The van der Waals surface area contributed by atoms with Crippen molar-refractivity contribution < 1.29 is 9.21 Å². The Morgan fingerprint density at radius 3 is 2.95 bits per heavy atom. The first-order valence-corrected chi connectivity index (χ1v) is 6.54. The number of fused-ring (bicyclic) bond motifs is 1. The molecule has 1 aromatic carbocycles. The average molecular weight is 271 g/mol. The number of furan rings is 1. The molecular weight excluding hydrogens is 254 g/mol. The molecule has 1 aromatic heterocycles. The molecule has 1 amide bonds. The van der Waals surface area contributed by atoms with Gasteiger partial charge in [0.25, 0.3) is 0 Å². The van der Waals surface area contributed by atoms with Crippen LogP contribution in [-0.4, -0.2) is 20.0 Å². The summed E-state index contributed by atoms with van der Waals surface area (Å²) in [5.41, 5.74) is 2.91. The lowest BCUT2D eigenvalue weighted by Crippen LogP contribution is -2.23. The predicted octanol–water partition coefficient (Wildman–Crippen LogP) is 2.13. The maximum absolute atomic E-state index is 11.8. The summed E-state index contributed by atoms with van der Waals surface area (Å²) >= 11 is 0. The molecule has 0 saturated carbocycles. The molecule has 0 bridgehead atoms. The van der Waals surface area contributed by atoms with Crippen molar-refractivity contribution in [2.24, 2.45) is 0 Å². The van der Waals surface area contributed by atoms with Crippen molar-refractivity contribution in [2.75, 3.05) is 24.3 Å². The minimum Gasteiger partial charge on any atom is -0.467 e. The van der Waals surface area contributed by atoms with Crippen molar-refractivity contribution in [1.82, 2.24) is 5.32 Å². The molecule has 1 unspecified atom stereocenters. The first-order chi connectivity index (χ1) is 9.69. The summed E-state index contributed by atoms with van der Waals surface area (Å²) in [6.07, 6.45) is 1.67. The number of carbonyl (C=O) groups is 1. The number of amides is 1. The quantitative estimate of drug-likeness (QED) is 0.894. The molecule has 20 heavy (non-hydrogen) atoms. The van der Waals surface area contributed by atoms with Crippen LogP contribution in [0.15, 0.2) is 41.0 Å². The zero-order chi connectivity index (χ0) is 14.1. The molecule has 1 aliphatic heterocycles. The van der Waals surface area contributed by atoms with Crippen LogP contribution in [-0.2, 0) is 11.3 Å². The zero-order valence-corrected chi connectivity index (χ0v) is 11.5. The third kappa shape index (κ3) is 2.16. The minimum atomic E-state index is -0.255. The van der Waals surface area contributed by atoms with Crippen molar-refractivity contribution >= 4 is 17.3 Å². The van der Waals surface area contributed by atoms with Crippen LogP contribution in [0, 0.1) is 0 Å². The van der Waals surface area contributed by atoms with E-state index in [-0.39, 0.29) is 11.9 Å². The molecule has 0 spiro atoms. The smallest absolute Gasteiger partial charge is 0.246 e. The molecule has 2 aromatic rings. The van der Waals surface area contributed by atoms with E-state index in [0.29, 0.717) is 6.54 Å². The van der Waals surface area contributed by atoms with Crippen LogP contribution in [0.3, 0.4) is 0 Å². The Morgan fingerprint density at radius 1 is 1.40 bits per heavy atom. The summed E-state index contributed by atoms with van der Waals surface area (Å²) in [6, 6.07) is 9.57. The van der Waals surface area contributed by atoms with E-state index in [1.165, 1.54) is 0 Å². The van der Waals surface area contributed by atoms with E-state index in [0.717, 1.165) is 22.7 Å². The number of benzene rings is 1. The summed E-state index contributed by atoms with van der Waals surface area (Å²) in [6.45, 7) is 0.690. The number of nitrogens with zero attached hydrogens (tertiary/aromatic N) is 1. The zero-order valence-electron chi connectivity index (χ0n) is 11.5. The third-order valence-corrected chi connectivity index (χ3v) is 3.57. The van der Waals surface area contributed by atoms with Crippen molar-refractivity contribution in [3.8, 4) is 0 Å². The van der Waals surface area contributed by atoms with Crippen LogP contribution in [0.25, 0.3) is 0 Å². The van der Waals surface area contributed by atoms with E-state index in [9.17, 15) is 4.79 Å². The second-order valence-corrected chi connectivity index (χ2v) is 4.92. The van der Waals surface area contributed by atoms with Crippen molar-refractivity contribution in [3.05, 3.63) is 47.9 Å². The fourth-order valence-electron chi connectivity index (χ4n) is 2.50. The molecule has 3 rings (SSSR count). The molecule has 5 nitrogen and oxygen atoms in total. The Bertz CT molecular complexity index is 622. The first-order valence-electron chi connectivity index (χ1n) is 6.54. The van der Waals surface area contributed by atoms with Gasteiger partial charge in [-0.1, -0.05) is 6.07 Å². The van der Waals surface area contributed by atoms with Gasteiger partial charge in [-0.25, -0.2) is 0 Å². The second-order valence-electron chi connectivity index (χ2n) is 4.92. The number of hydrogen-bond acceptors (Lipinski definition) is 4. The van der Waals surface area contributed by atoms with Gasteiger partial charge in [0.1, 0.15) is 11.8 Å². The summed E-state index contributed by atoms with van der Waals surface area (Å²) < 4.78 is 5.35. The molecule has 0 fully saturated rings. The number of carbonyl (C=O) groups excluding carboxylic acids is 1. The monoisotopic (exact) mass is 271 g/mol. The van der Waals surface area contributed by atoms with E-state index in [4.69, 9.17) is 4.42 Å². The lowest BCUT2D eigenvalue weighted by atomic mass is 10.1. The van der Waals surface area contributed by atoms with Crippen LogP contribution in [0.1, 0.15) is 17.4 Å². The molecule has 2 N–H and O–H groups in total. The van der Waals surface area contributed by atoms with Gasteiger partial charge in [0.15, 0.2) is 0 Å². The maximum atomic E-state index is 11.8. The van der Waals surface area contributed by atoms with Gasteiger partial charge in [0.05, 0.1) is 12.8 Å². The predicted molar refractivity (Wildman–Crippen MR) is 77.7 cm³/mol. The van der Waals surface area contributed by atoms with E-state index in [2.05, 4.69) is 15.5 Å². The molecule has 1 aliphatic rings. The molecular formula is C15H17N3O2. The molecule has 1 atom stereocenters. The van der Waals surface area contributed by atoms with E-state index in [1.54, 1.807) is 13.3 Å². The number of likely N-dealkylation sites (N-methyl/N-ethyl adjacent to an activating group) is 1. The largest absolute Gasteiger partial charge is 0.467 e. The van der Waals surface area contributed by atoms with Gasteiger partial charge in [0.2, 0.25) is 5.91 Å². The Balaban J connectivity index is 1.83. The lowest BCUT2D eigenvalue weighted by Gasteiger charge is -2.19. The van der Waals surface area contributed by atoms with Gasteiger partial charge >= 0.3 is 0 Å². The van der Waals surface area contributed by atoms with Crippen molar-refractivity contribution in [2.45, 2.75) is 12.6 Å². The van der Waals surface area contributed by atoms with E-state index >= 15 is 0 Å². The van der Waals surface area contributed by atoms with Gasteiger partial charge < -0.3 is 20.0 Å². The highest BCUT2D eigenvalue weighted by atomic mass is 16.3. The van der Waals surface area contributed by atoms with Gasteiger partial charge in [-0.3, -0.25) is 4.79 Å². The molecule has 0 saturated heterocycles. The average Bonchev–Trinajstić information content (AvgIpc) is 3.04. The first kappa shape index (κ1) is 12.7. The summed E-state index contributed by atoms with van der Waals surface area (Å²) in [5.74, 6) is 0.901. The fourth-order valence-corrected chi connectivity index (χ4v) is 2.50. The standard InChI is InChI=1S/C15H17N3O2/c1-16-14-12-6-5-10(8-13(12)17-15(14)19)18(2)9-11-4-3-7-20-11/h3-8,14,16H,9H2,1-2H3,(H,17,19). The molecule has 104 valence electrons. The van der Waals surface area contributed by atoms with Crippen LogP contribution in [0.4, 0.5) is 11.4 Å².